The van der Waals surface area contributed by atoms with Gasteiger partial charge in [0.25, 0.3) is 5.91 Å². The van der Waals surface area contributed by atoms with Crippen molar-refractivity contribution in [3.05, 3.63) is 52.0 Å². The summed E-state index contributed by atoms with van der Waals surface area (Å²) in [5, 5.41) is 5.98. The second-order valence-electron chi connectivity index (χ2n) is 7.14. The molecule has 0 radical (unpaired) electrons. The molecule has 2 rings (SSSR count). The van der Waals surface area contributed by atoms with Crippen molar-refractivity contribution in [2.75, 3.05) is 13.7 Å². The third kappa shape index (κ3) is 8.03. The Labute approximate surface area is 197 Å². The maximum absolute atomic E-state index is 12.5. The molecule has 168 valence electrons. The minimum Gasteiger partial charge on any atom is -0.493 e. The van der Waals surface area contributed by atoms with Gasteiger partial charge in [0, 0.05) is 12.1 Å². The van der Waals surface area contributed by atoms with Gasteiger partial charge in [0.1, 0.15) is 5.75 Å². The van der Waals surface area contributed by atoms with Crippen LogP contribution in [0, 0.1) is 0 Å². The van der Waals surface area contributed by atoms with Gasteiger partial charge in [-0.3, -0.25) is 10.1 Å². The lowest BCUT2D eigenvalue weighted by Crippen LogP contribution is -2.38. The van der Waals surface area contributed by atoms with Crippen LogP contribution in [0.4, 0.5) is 0 Å². The van der Waals surface area contributed by atoms with Crippen LogP contribution < -0.4 is 24.8 Å². The van der Waals surface area contributed by atoms with Crippen LogP contribution in [0.3, 0.4) is 0 Å². The molecule has 0 unspecified atom stereocenters. The molecule has 0 aromatic heterocycles. The number of carbonyl (C=O) groups is 1. The standard InChI is InChI=1S/C23H29BrN2O4S/c1-5-6-11-29-20-9-7-16(12-21(20)28-4)14-25-23(31)26-22(27)17-8-10-19(18(24)13-17)30-15(2)3/h7-10,12-13,15H,5-6,11,14H2,1-4H3,(H2,25,26,27,31). The van der Waals surface area contributed by atoms with Crippen molar-refractivity contribution < 1.29 is 19.0 Å². The van der Waals surface area contributed by atoms with Crippen LogP contribution in [0.5, 0.6) is 17.2 Å². The van der Waals surface area contributed by atoms with E-state index >= 15 is 0 Å². The topological polar surface area (TPSA) is 68.8 Å². The molecule has 0 fully saturated rings. The van der Waals surface area contributed by atoms with Gasteiger partial charge in [-0.1, -0.05) is 19.4 Å². The first kappa shape index (κ1) is 24.9. The Morgan fingerprint density at radius 3 is 2.52 bits per heavy atom. The lowest BCUT2D eigenvalue weighted by molar-refractivity contribution is 0.0976. The van der Waals surface area contributed by atoms with Gasteiger partial charge < -0.3 is 19.5 Å². The van der Waals surface area contributed by atoms with Gasteiger partial charge in [0.05, 0.1) is 24.3 Å². The lowest BCUT2D eigenvalue weighted by Gasteiger charge is -2.14. The van der Waals surface area contributed by atoms with Gasteiger partial charge in [-0.15, -0.1) is 0 Å². The van der Waals surface area contributed by atoms with Crippen LogP contribution in [0.2, 0.25) is 0 Å². The van der Waals surface area contributed by atoms with Crippen molar-refractivity contribution in [1.82, 2.24) is 10.6 Å². The Kier molecular flexibility index (Phi) is 10.1. The molecule has 0 spiro atoms. The summed E-state index contributed by atoms with van der Waals surface area (Å²) in [4.78, 5) is 12.5. The predicted molar refractivity (Wildman–Crippen MR) is 130 cm³/mol. The van der Waals surface area contributed by atoms with Gasteiger partial charge in [0.2, 0.25) is 0 Å². The molecule has 0 aliphatic heterocycles. The molecule has 1 amide bonds. The molecule has 2 aromatic carbocycles. The number of nitrogens with one attached hydrogen (secondary N) is 2. The normalized spacial score (nSPS) is 10.5. The highest BCUT2D eigenvalue weighted by atomic mass is 79.9. The molecule has 8 heteroatoms. The van der Waals surface area contributed by atoms with Crippen molar-refractivity contribution in [1.29, 1.82) is 0 Å². The highest BCUT2D eigenvalue weighted by molar-refractivity contribution is 9.10. The van der Waals surface area contributed by atoms with Crippen LogP contribution in [0.15, 0.2) is 40.9 Å². The van der Waals surface area contributed by atoms with Crippen molar-refractivity contribution in [3.63, 3.8) is 0 Å². The highest BCUT2D eigenvalue weighted by Crippen LogP contribution is 2.28. The van der Waals surface area contributed by atoms with Crippen molar-refractivity contribution in [2.45, 2.75) is 46.3 Å². The highest BCUT2D eigenvalue weighted by Gasteiger charge is 2.12. The van der Waals surface area contributed by atoms with Crippen molar-refractivity contribution >= 4 is 39.2 Å². The first-order valence-corrected chi connectivity index (χ1v) is 11.4. The summed E-state index contributed by atoms with van der Waals surface area (Å²) in [6, 6.07) is 10.9. The Morgan fingerprint density at radius 1 is 1.13 bits per heavy atom. The number of rotatable bonds is 10. The summed E-state index contributed by atoms with van der Waals surface area (Å²) in [6.07, 6.45) is 2.11. The number of hydrogen-bond acceptors (Lipinski definition) is 5. The second kappa shape index (κ2) is 12.5. The number of ether oxygens (including phenoxy) is 3. The second-order valence-corrected chi connectivity index (χ2v) is 8.40. The molecule has 0 aliphatic carbocycles. The molecular formula is C23H29BrN2O4S. The number of thiocarbonyl (C=S) groups is 1. The Morgan fingerprint density at radius 2 is 1.87 bits per heavy atom. The maximum atomic E-state index is 12.5. The van der Waals surface area contributed by atoms with Crippen LogP contribution >= 0.6 is 28.1 Å². The summed E-state index contributed by atoms with van der Waals surface area (Å²) in [5.74, 6) is 1.76. The number of hydrogen-bond donors (Lipinski definition) is 2. The summed E-state index contributed by atoms with van der Waals surface area (Å²) in [7, 11) is 1.61. The van der Waals surface area contributed by atoms with Crippen molar-refractivity contribution in [3.8, 4) is 17.2 Å². The van der Waals surface area contributed by atoms with Gasteiger partial charge in [0.15, 0.2) is 16.6 Å². The fourth-order valence-electron chi connectivity index (χ4n) is 2.66. The van der Waals surface area contributed by atoms with E-state index in [4.69, 9.17) is 26.4 Å². The number of benzene rings is 2. The monoisotopic (exact) mass is 508 g/mol. The lowest BCUT2D eigenvalue weighted by atomic mass is 10.2. The number of carbonyl (C=O) groups excluding carboxylic acids is 1. The van der Waals surface area contributed by atoms with E-state index in [9.17, 15) is 4.79 Å². The SMILES string of the molecule is CCCCOc1ccc(CNC(=S)NC(=O)c2ccc(OC(C)C)c(Br)c2)cc1OC. The predicted octanol–water partition coefficient (Wildman–Crippen LogP) is 5.23. The van der Waals surface area contributed by atoms with Crippen LogP contribution in [-0.2, 0) is 6.54 Å². The largest absolute Gasteiger partial charge is 0.493 e. The molecule has 31 heavy (non-hydrogen) atoms. The third-order valence-corrected chi connectivity index (χ3v) is 5.09. The van der Waals surface area contributed by atoms with Crippen LogP contribution in [0.1, 0.15) is 49.5 Å². The molecule has 0 bridgehead atoms. The zero-order valence-electron chi connectivity index (χ0n) is 18.3. The molecule has 0 aliphatic rings. The first-order chi connectivity index (χ1) is 14.8. The Hall–Kier alpha value is -2.32. The van der Waals surface area contributed by atoms with Gasteiger partial charge in [-0.25, -0.2) is 0 Å². The van der Waals surface area contributed by atoms with Gasteiger partial charge in [-0.2, -0.15) is 0 Å². The molecule has 2 aromatic rings. The van der Waals surface area contributed by atoms with E-state index in [1.54, 1.807) is 25.3 Å². The van der Waals surface area contributed by atoms with Crippen molar-refractivity contribution in [2.24, 2.45) is 0 Å². The average molecular weight is 509 g/mol. The molecule has 0 saturated heterocycles. The number of amides is 1. The number of halogens is 1. The van der Waals surface area contributed by atoms with Gasteiger partial charge in [-0.05, 0) is 84.3 Å². The molecule has 0 saturated carbocycles. The fraction of sp³-hybridized carbons (Fsp3) is 0.391. The summed E-state index contributed by atoms with van der Waals surface area (Å²) < 4.78 is 17.5. The van der Waals surface area contributed by atoms with E-state index in [1.165, 1.54) is 0 Å². The quantitative estimate of drug-likeness (QED) is 0.338. The number of methoxy groups -OCH3 is 1. The van der Waals surface area contributed by atoms with E-state index in [1.807, 2.05) is 32.0 Å². The fourth-order valence-corrected chi connectivity index (χ4v) is 3.30. The molecule has 0 atom stereocenters. The zero-order chi connectivity index (χ0) is 22.8. The molecule has 0 heterocycles. The Bertz CT molecular complexity index is 905. The number of unbranched alkanes of at least 4 members (excludes halogenated alkanes) is 1. The van der Waals surface area contributed by atoms with Gasteiger partial charge >= 0.3 is 0 Å². The van der Waals surface area contributed by atoms with E-state index in [-0.39, 0.29) is 17.1 Å². The van der Waals surface area contributed by atoms with E-state index in [0.717, 1.165) is 18.4 Å². The zero-order valence-corrected chi connectivity index (χ0v) is 20.7. The molecule has 6 nitrogen and oxygen atoms in total. The smallest absolute Gasteiger partial charge is 0.257 e. The van der Waals surface area contributed by atoms with E-state index < -0.39 is 0 Å². The van der Waals surface area contributed by atoms with E-state index in [0.29, 0.717) is 40.4 Å². The summed E-state index contributed by atoms with van der Waals surface area (Å²) >= 11 is 8.70. The van der Waals surface area contributed by atoms with E-state index in [2.05, 4.69) is 33.5 Å². The minimum atomic E-state index is -0.299. The average Bonchev–Trinajstić information content (AvgIpc) is 2.74. The maximum Gasteiger partial charge on any atom is 0.257 e. The molecular weight excluding hydrogens is 480 g/mol. The van der Waals surface area contributed by atoms with Crippen LogP contribution in [-0.4, -0.2) is 30.8 Å². The third-order valence-electron chi connectivity index (χ3n) is 4.22. The minimum absolute atomic E-state index is 0.0448. The molecule has 2 N–H and O–H groups in total. The Balaban J connectivity index is 1.91. The summed E-state index contributed by atoms with van der Waals surface area (Å²) in [6.45, 7) is 7.10. The first-order valence-electron chi connectivity index (χ1n) is 10.2. The summed E-state index contributed by atoms with van der Waals surface area (Å²) in [5.41, 5.74) is 1.43. The van der Waals surface area contributed by atoms with Crippen LogP contribution in [0.25, 0.3) is 0 Å².